The lowest BCUT2D eigenvalue weighted by Gasteiger charge is -2.11. The smallest absolute Gasteiger partial charge is 0.172 e. The second-order valence-corrected chi connectivity index (χ2v) is 2.63. The predicted octanol–water partition coefficient (Wildman–Crippen LogP) is 0.868. The molecule has 0 fully saturated rings. The molecular formula is C10H12N4O. The van der Waals surface area contributed by atoms with Gasteiger partial charge in [-0.1, -0.05) is 6.08 Å². The molecular weight excluding hydrogens is 192 g/mol. The van der Waals surface area contributed by atoms with Crippen LogP contribution in [0.3, 0.4) is 0 Å². The van der Waals surface area contributed by atoms with E-state index in [0.717, 1.165) is 0 Å². The Labute approximate surface area is 87.8 Å². The average molecular weight is 204 g/mol. The van der Waals surface area contributed by atoms with Crippen molar-refractivity contribution in [2.24, 2.45) is 5.73 Å². The van der Waals surface area contributed by atoms with Crippen molar-refractivity contribution in [2.75, 3.05) is 0 Å². The lowest BCUT2D eigenvalue weighted by molar-refractivity contribution is 0.237. The van der Waals surface area contributed by atoms with Gasteiger partial charge in [0.15, 0.2) is 6.10 Å². The third-order valence-corrected chi connectivity index (χ3v) is 1.48. The predicted molar refractivity (Wildman–Crippen MR) is 57.1 cm³/mol. The molecule has 15 heavy (non-hydrogen) atoms. The highest BCUT2D eigenvalue weighted by molar-refractivity contribution is 5.83. The van der Waals surface area contributed by atoms with Crippen LogP contribution in [0.15, 0.2) is 49.3 Å². The summed E-state index contributed by atoms with van der Waals surface area (Å²) in [6, 6.07) is 1.78. The molecule has 2 rings (SSSR count). The number of aromatic nitrogens is 2. The molecule has 1 aromatic heterocycles. The SMILES string of the molecule is N=C(N)C1C=CC=CO1.c1cncnc1. The van der Waals surface area contributed by atoms with Crippen molar-refractivity contribution in [1.82, 2.24) is 9.97 Å². The molecule has 5 heteroatoms. The Balaban J connectivity index is 0.000000162. The van der Waals surface area contributed by atoms with Crippen LogP contribution in [-0.4, -0.2) is 21.9 Å². The zero-order chi connectivity index (χ0) is 10.9. The van der Waals surface area contributed by atoms with E-state index in [-0.39, 0.29) is 11.9 Å². The molecule has 0 bridgehead atoms. The number of nitrogens with one attached hydrogen (secondary N) is 1. The summed E-state index contributed by atoms with van der Waals surface area (Å²) in [7, 11) is 0. The average Bonchev–Trinajstić information content (AvgIpc) is 2.33. The van der Waals surface area contributed by atoms with Crippen molar-refractivity contribution in [3.05, 3.63) is 49.3 Å². The molecule has 5 nitrogen and oxygen atoms in total. The quantitative estimate of drug-likeness (QED) is 0.525. The minimum absolute atomic E-state index is 0.0376. The van der Waals surface area contributed by atoms with Crippen molar-refractivity contribution in [1.29, 1.82) is 5.41 Å². The van der Waals surface area contributed by atoms with Gasteiger partial charge in [-0.25, -0.2) is 9.97 Å². The molecule has 78 valence electrons. The second-order valence-electron chi connectivity index (χ2n) is 2.63. The van der Waals surface area contributed by atoms with E-state index in [9.17, 15) is 0 Å². The molecule has 0 saturated carbocycles. The highest BCUT2D eigenvalue weighted by atomic mass is 16.5. The third-order valence-electron chi connectivity index (χ3n) is 1.48. The summed E-state index contributed by atoms with van der Waals surface area (Å²) in [4.78, 5) is 7.35. The molecule has 0 saturated heterocycles. The van der Waals surface area contributed by atoms with Gasteiger partial charge in [0.1, 0.15) is 12.2 Å². The van der Waals surface area contributed by atoms with Gasteiger partial charge >= 0.3 is 0 Å². The van der Waals surface area contributed by atoms with Crippen LogP contribution in [0.5, 0.6) is 0 Å². The van der Waals surface area contributed by atoms with Crippen molar-refractivity contribution < 1.29 is 4.74 Å². The normalized spacial score (nSPS) is 17.2. The van der Waals surface area contributed by atoms with E-state index < -0.39 is 0 Å². The Bertz CT molecular complexity index is 321. The van der Waals surface area contributed by atoms with Crippen molar-refractivity contribution in [3.8, 4) is 0 Å². The molecule has 0 radical (unpaired) electrons. The Kier molecular flexibility index (Phi) is 4.59. The largest absolute Gasteiger partial charge is 0.486 e. The van der Waals surface area contributed by atoms with E-state index in [4.69, 9.17) is 15.9 Å². The maximum Gasteiger partial charge on any atom is 0.172 e. The number of amidine groups is 1. The highest BCUT2D eigenvalue weighted by Crippen LogP contribution is 2.00. The van der Waals surface area contributed by atoms with E-state index in [1.54, 1.807) is 36.7 Å². The summed E-state index contributed by atoms with van der Waals surface area (Å²) in [5.41, 5.74) is 5.14. The zero-order valence-corrected chi connectivity index (χ0v) is 8.08. The van der Waals surface area contributed by atoms with Gasteiger partial charge in [-0.3, -0.25) is 5.41 Å². The standard InChI is InChI=1S/C6H8N2O.C4H4N2/c7-6(8)5-3-1-2-4-9-5;1-2-5-4-6-3-1/h1-5H,(H3,7,8);1-4H. The molecule has 2 heterocycles. The van der Waals surface area contributed by atoms with Gasteiger partial charge in [0.05, 0.1) is 6.26 Å². The summed E-state index contributed by atoms with van der Waals surface area (Å²) >= 11 is 0. The van der Waals surface area contributed by atoms with Crippen LogP contribution in [0, 0.1) is 5.41 Å². The highest BCUT2D eigenvalue weighted by Gasteiger charge is 2.07. The Morgan fingerprint density at radius 3 is 2.27 bits per heavy atom. The Morgan fingerprint density at radius 1 is 1.27 bits per heavy atom. The number of hydrogen-bond donors (Lipinski definition) is 2. The molecule has 0 aromatic carbocycles. The van der Waals surface area contributed by atoms with Crippen LogP contribution in [0.1, 0.15) is 0 Å². The van der Waals surface area contributed by atoms with E-state index in [0.29, 0.717) is 0 Å². The fraction of sp³-hybridized carbons (Fsp3) is 0.100. The van der Waals surface area contributed by atoms with Crippen molar-refractivity contribution >= 4 is 5.84 Å². The molecule has 1 aliphatic heterocycles. The van der Waals surface area contributed by atoms with Gasteiger partial charge in [-0.15, -0.1) is 0 Å². The maximum absolute atomic E-state index is 6.96. The monoisotopic (exact) mass is 204 g/mol. The fourth-order valence-corrected chi connectivity index (χ4v) is 0.816. The van der Waals surface area contributed by atoms with Crippen molar-refractivity contribution in [3.63, 3.8) is 0 Å². The summed E-state index contributed by atoms with van der Waals surface area (Å²) < 4.78 is 4.92. The summed E-state index contributed by atoms with van der Waals surface area (Å²) in [5.74, 6) is 0.0376. The Morgan fingerprint density at radius 2 is 2.00 bits per heavy atom. The molecule has 3 N–H and O–H groups in total. The molecule has 0 aliphatic carbocycles. The first kappa shape index (κ1) is 10.9. The third kappa shape index (κ3) is 4.56. The molecule has 1 atom stereocenters. The van der Waals surface area contributed by atoms with E-state index >= 15 is 0 Å². The molecule has 0 amide bonds. The number of nitrogens with zero attached hydrogens (tertiary/aromatic N) is 2. The number of hydrogen-bond acceptors (Lipinski definition) is 4. The lowest BCUT2D eigenvalue weighted by atomic mass is 10.3. The molecule has 1 aliphatic rings. The lowest BCUT2D eigenvalue weighted by Crippen LogP contribution is -2.27. The first-order valence-electron chi connectivity index (χ1n) is 4.33. The van der Waals surface area contributed by atoms with Gasteiger partial charge in [-0.05, 0) is 18.2 Å². The molecule has 0 spiro atoms. The number of allylic oxidation sites excluding steroid dienone is 2. The summed E-state index contributed by atoms with van der Waals surface area (Å²) in [6.07, 6.45) is 11.3. The van der Waals surface area contributed by atoms with Crippen LogP contribution in [0.25, 0.3) is 0 Å². The number of nitrogens with two attached hydrogens (primary N) is 1. The van der Waals surface area contributed by atoms with Gasteiger partial charge in [0, 0.05) is 12.4 Å². The van der Waals surface area contributed by atoms with Gasteiger partial charge in [0.25, 0.3) is 0 Å². The van der Waals surface area contributed by atoms with Gasteiger partial charge in [-0.2, -0.15) is 0 Å². The van der Waals surface area contributed by atoms with Crippen LogP contribution in [-0.2, 0) is 4.74 Å². The summed E-state index contributed by atoms with van der Waals surface area (Å²) in [6.45, 7) is 0. The van der Waals surface area contributed by atoms with E-state index in [1.807, 2.05) is 0 Å². The van der Waals surface area contributed by atoms with Crippen LogP contribution >= 0.6 is 0 Å². The Hall–Kier alpha value is -2.17. The van der Waals surface area contributed by atoms with Crippen molar-refractivity contribution in [2.45, 2.75) is 6.10 Å². The van der Waals surface area contributed by atoms with Gasteiger partial charge in [0.2, 0.25) is 0 Å². The first-order chi connectivity index (χ1) is 7.30. The number of ether oxygens (including phenoxy) is 1. The van der Waals surface area contributed by atoms with Crippen LogP contribution in [0.2, 0.25) is 0 Å². The zero-order valence-electron chi connectivity index (χ0n) is 8.08. The summed E-state index contributed by atoms with van der Waals surface area (Å²) in [5, 5.41) is 6.96. The van der Waals surface area contributed by atoms with E-state index in [1.165, 1.54) is 12.6 Å². The molecule has 1 aromatic rings. The first-order valence-corrected chi connectivity index (χ1v) is 4.33. The van der Waals surface area contributed by atoms with E-state index in [2.05, 4.69) is 9.97 Å². The number of rotatable bonds is 1. The second kappa shape index (κ2) is 6.31. The maximum atomic E-state index is 6.96. The minimum Gasteiger partial charge on any atom is -0.486 e. The molecule has 1 unspecified atom stereocenters. The minimum atomic E-state index is -0.352. The topological polar surface area (TPSA) is 84.9 Å². The fourth-order valence-electron chi connectivity index (χ4n) is 0.816. The van der Waals surface area contributed by atoms with Gasteiger partial charge < -0.3 is 10.5 Å². The van der Waals surface area contributed by atoms with Crippen LogP contribution < -0.4 is 5.73 Å². The van der Waals surface area contributed by atoms with Crippen LogP contribution in [0.4, 0.5) is 0 Å².